The molecule has 0 bridgehead atoms. The van der Waals surface area contributed by atoms with E-state index in [1.54, 1.807) is 6.07 Å². The Hall–Kier alpha value is -1.75. The van der Waals surface area contributed by atoms with Gasteiger partial charge in [-0.15, -0.1) is 0 Å². The Bertz CT molecular complexity index is 559. The monoisotopic (exact) mass is 318 g/mol. The van der Waals surface area contributed by atoms with Gasteiger partial charge in [-0.2, -0.15) is 0 Å². The zero-order valence-electron chi connectivity index (χ0n) is 14.0. The van der Waals surface area contributed by atoms with E-state index >= 15 is 0 Å². The molecule has 1 aliphatic carbocycles. The van der Waals surface area contributed by atoms with E-state index in [0.29, 0.717) is 30.4 Å². The van der Waals surface area contributed by atoms with Crippen molar-refractivity contribution in [1.82, 2.24) is 10.2 Å². The van der Waals surface area contributed by atoms with Gasteiger partial charge in [0.2, 0.25) is 0 Å². The topological polar surface area (TPSA) is 50.8 Å². The number of benzene rings is 1. The third-order valence-corrected chi connectivity index (χ3v) is 4.63. The number of carbonyl (C=O) groups excluding carboxylic acids is 1. The van der Waals surface area contributed by atoms with Crippen molar-refractivity contribution < 1.29 is 14.3 Å². The Balaban J connectivity index is 1.67. The van der Waals surface area contributed by atoms with Gasteiger partial charge in [-0.3, -0.25) is 4.79 Å². The van der Waals surface area contributed by atoms with Gasteiger partial charge in [0.1, 0.15) is 13.2 Å². The molecule has 0 aromatic heterocycles. The van der Waals surface area contributed by atoms with Crippen LogP contribution in [0.2, 0.25) is 0 Å². The fraction of sp³-hybridized carbons (Fsp3) is 0.611. The van der Waals surface area contributed by atoms with E-state index in [2.05, 4.69) is 24.3 Å². The van der Waals surface area contributed by atoms with E-state index < -0.39 is 0 Å². The van der Waals surface area contributed by atoms with Gasteiger partial charge in [0.15, 0.2) is 11.5 Å². The van der Waals surface area contributed by atoms with E-state index in [4.69, 9.17) is 9.47 Å². The van der Waals surface area contributed by atoms with Gasteiger partial charge < -0.3 is 19.7 Å². The van der Waals surface area contributed by atoms with Crippen LogP contribution >= 0.6 is 0 Å². The first-order valence-electron chi connectivity index (χ1n) is 8.49. The van der Waals surface area contributed by atoms with Crippen LogP contribution in [0.1, 0.15) is 36.0 Å². The van der Waals surface area contributed by atoms with Crippen LogP contribution in [0.25, 0.3) is 0 Å². The molecular formula is C18H26N2O3. The molecule has 1 fully saturated rings. The number of amides is 1. The normalized spacial score (nSPS) is 23.6. The molecule has 0 saturated heterocycles. The van der Waals surface area contributed by atoms with Crippen LogP contribution in [0, 0.1) is 5.92 Å². The Morgan fingerprint density at radius 3 is 2.70 bits per heavy atom. The molecule has 126 valence electrons. The summed E-state index contributed by atoms with van der Waals surface area (Å²) in [5.41, 5.74) is 0.642. The lowest BCUT2D eigenvalue weighted by Gasteiger charge is -2.34. The van der Waals surface area contributed by atoms with E-state index in [9.17, 15) is 4.79 Å². The minimum absolute atomic E-state index is 0.0161. The third kappa shape index (κ3) is 3.96. The quantitative estimate of drug-likeness (QED) is 0.925. The standard InChI is InChI=1S/C18H26N2O3/c1-20(2)12-14-5-3-4-6-15(14)19-18(21)13-7-8-16-17(11-13)23-10-9-22-16/h7-8,11,14-15H,3-6,9-10,12H2,1-2H3,(H,19,21). The van der Waals surface area contributed by atoms with Crippen LogP contribution < -0.4 is 14.8 Å². The van der Waals surface area contributed by atoms with Gasteiger partial charge in [-0.05, 0) is 51.1 Å². The van der Waals surface area contributed by atoms with E-state index in [-0.39, 0.29) is 11.9 Å². The van der Waals surface area contributed by atoms with Crippen LogP contribution in [-0.2, 0) is 0 Å². The minimum atomic E-state index is -0.0161. The molecule has 1 saturated carbocycles. The summed E-state index contributed by atoms with van der Waals surface area (Å²) in [6.07, 6.45) is 4.70. The van der Waals surface area contributed by atoms with Crippen LogP contribution in [0.15, 0.2) is 18.2 Å². The van der Waals surface area contributed by atoms with Crippen molar-refractivity contribution in [2.24, 2.45) is 5.92 Å². The molecule has 2 aliphatic rings. The first-order chi connectivity index (χ1) is 11.1. The van der Waals surface area contributed by atoms with Crippen LogP contribution in [0.4, 0.5) is 0 Å². The van der Waals surface area contributed by atoms with Crippen LogP contribution in [0.5, 0.6) is 11.5 Å². The summed E-state index contributed by atoms with van der Waals surface area (Å²) in [6.45, 7) is 2.12. The predicted molar refractivity (Wildman–Crippen MR) is 89.2 cm³/mol. The van der Waals surface area contributed by atoms with E-state index in [0.717, 1.165) is 18.7 Å². The number of hydrogen-bond acceptors (Lipinski definition) is 4. The number of ether oxygens (including phenoxy) is 2. The Morgan fingerprint density at radius 1 is 1.17 bits per heavy atom. The van der Waals surface area contributed by atoms with Gasteiger partial charge in [-0.25, -0.2) is 0 Å². The number of hydrogen-bond donors (Lipinski definition) is 1. The number of nitrogens with zero attached hydrogens (tertiary/aromatic N) is 1. The number of nitrogens with one attached hydrogen (secondary N) is 1. The molecular weight excluding hydrogens is 292 g/mol. The first-order valence-corrected chi connectivity index (χ1v) is 8.49. The fourth-order valence-corrected chi connectivity index (χ4v) is 3.52. The van der Waals surface area contributed by atoms with Crippen molar-refractivity contribution in [3.63, 3.8) is 0 Å². The highest BCUT2D eigenvalue weighted by atomic mass is 16.6. The molecule has 1 aromatic rings. The summed E-state index contributed by atoms with van der Waals surface area (Å²) in [5.74, 6) is 1.89. The molecule has 0 spiro atoms. The maximum atomic E-state index is 12.6. The number of fused-ring (bicyclic) bond motifs is 1. The molecule has 1 heterocycles. The molecule has 2 unspecified atom stereocenters. The largest absolute Gasteiger partial charge is 0.486 e. The molecule has 5 heteroatoms. The van der Waals surface area contributed by atoms with Gasteiger partial charge in [0.25, 0.3) is 5.91 Å². The van der Waals surface area contributed by atoms with Crippen molar-refractivity contribution in [3.8, 4) is 11.5 Å². The summed E-state index contributed by atoms with van der Waals surface area (Å²) in [6, 6.07) is 5.67. The summed E-state index contributed by atoms with van der Waals surface area (Å²) in [4.78, 5) is 14.8. The van der Waals surface area contributed by atoms with Crippen molar-refractivity contribution in [1.29, 1.82) is 0 Å². The van der Waals surface area contributed by atoms with Gasteiger partial charge in [-0.1, -0.05) is 12.8 Å². The van der Waals surface area contributed by atoms with E-state index in [1.807, 2.05) is 12.1 Å². The number of carbonyl (C=O) groups is 1. The summed E-state index contributed by atoms with van der Waals surface area (Å²) in [7, 11) is 4.18. The second kappa shape index (κ2) is 7.21. The SMILES string of the molecule is CN(C)CC1CCCCC1NC(=O)c1ccc2c(c1)OCCO2. The molecule has 23 heavy (non-hydrogen) atoms. The number of rotatable bonds is 4. The van der Waals surface area contributed by atoms with E-state index in [1.165, 1.54) is 19.3 Å². The summed E-state index contributed by atoms with van der Waals surface area (Å²) in [5, 5.41) is 3.24. The highest BCUT2D eigenvalue weighted by Gasteiger charge is 2.27. The predicted octanol–water partition coefficient (Wildman–Crippen LogP) is 2.31. The molecule has 1 amide bonds. The molecule has 2 atom stereocenters. The van der Waals surface area contributed by atoms with Gasteiger partial charge >= 0.3 is 0 Å². The molecule has 5 nitrogen and oxygen atoms in total. The van der Waals surface area contributed by atoms with Crippen LogP contribution in [-0.4, -0.2) is 50.7 Å². The van der Waals surface area contributed by atoms with Crippen molar-refractivity contribution >= 4 is 5.91 Å². The molecule has 1 N–H and O–H groups in total. The minimum Gasteiger partial charge on any atom is -0.486 e. The zero-order valence-corrected chi connectivity index (χ0v) is 14.0. The average molecular weight is 318 g/mol. The molecule has 0 radical (unpaired) electrons. The Morgan fingerprint density at radius 2 is 1.91 bits per heavy atom. The second-order valence-corrected chi connectivity index (χ2v) is 6.75. The Labute approximate surface area is 137 Å². The summed E-state index contributed by atoms with van der Waals surface area (Å²) < 4.78 is 11.1. The van der Waals surface area contributed by atoms with Crippen LogP contribution in [0.3, 0.4) is 0 Å². The maximum Gasteiger partial charge on any atom is 0.251 e. The lowest BCUT2D eigenvalue weighted by Crippen LogP contribution is -2.45. The third-order valence-electron chi connectivity index (χ3n) is 4.63. The van der Waals surface area contributed by atoms with Crippen molar-refractivity contribution in [2.45, 2.75) is 31.7 Å². The lowest BCUT2D eigenvalue weighted by atomic mass is 9.84. The smallest absolute Gasteiger partial charge is 0.251 e. The lowest BCUT2D eigenvalue weighted by molar-refractivity contribution is 0.0894. The van der Waals surface area contributed by atoms with Gasteiger partial charge in [0, 0.05) is 18.2 Å². The highest BCUT2D eigenvalue weighted by Crippen LogP contribution is 2.31. The van der Waals surface area contributed by atoms with Gasteiger partial charge in [0.05, 0.1) is 0 Å². The van der Waals surface area contributed by atoms with Crippen molar-refractivity contribution in [3.05, 3.63) is 23.8 Å². The molecule has 1 aliphatic heterocycles. The molecule has 3 rings (SSSR count). The second-order valence-electron chi connectivity index (χ2n) is 6.75. The fourth-order valence-electron chi connectivity index (χ4n) is 3.52. The van der Waals surface area contributed by atoms with Crippen molar-refractivity contribution in [2.75, 3.05) is 33.9 Å². The zero-order chi connectivity index (χ0) is 16.2. The summed E-state index contributed by atoms with van der Waals surface area (Å²) >= 11 is 0. The Kier molecular flexibility index (Phi) is 5.06. The first kappa shape index (κ1) is 16.1. The maximum absolute atomic E-state index is 12.6. The highest BCUT2D eigenvalue weighted by molar-refractivity contribution is 5.95. The molecule has 1 aromatic carbocycles. The average Bonchev–Trinajstić information content (AvgIpc) is 2.55.